The fourth-order valence-corrected chi connectivity index (χ4v) is 5.00. The van der Waals surface area contributed by atoms with Gasteiger partial charge in [-0.1, -0.05) is 36.6 Å². The zero-order valence-corrected chi connectivity index (χ0v) is 17.2. The third kappa shape index (κ3) is 4.30. The Bertz CT molecular complexity index is 1000. The van der Waals surface area contributed by atoms with Gasteiger partial charge in [-0.3, -0.25) is 0 Å². The molecule has 0 fully saturated rings. The van der Waals surface area contributed by atoms with Crippen molar-refractivity contribution in [2.45, 2.75) is 50.8 Å². The smallest absolute Gasteiger partial charge is 0.335 e. The highest BCUT2D eigenvalue weighted by molar-refractivity contribution is 7.90. The molecule has 0 aliphatic carbocycles. The summed E-state index contributed by atoms with van der Waals surface area (Å²) < 4.78 is 56.7. The molecule has 0 spiro atoms. The molecule has 0 aliphatic heterocycles. The van der Waals surface area contributed by atoms with Gasteiger partial charge in [0.2, 0.25) is 25.8 Å². The average Bonchev–Trinajstić information content (AvgIpc) is 2.92. The fraction of sp³-hybridized carbons (Fsp3) is 0.500. The molecule has 1 atom stereocenters. The van der Waals surface area contributed by atoms with E-state index in [0.29, 0.717) is 11.1 Å². The van der Waals surface area contributed by atoms with Gasteiger partial charge < -0.3 is 4.42 Å². The first-order chi connectivity index (χ1) is 11.8. The van der Waals surface area contributed by atoms with E-state index in [4.69, 9.17) is 4.42 Å². The first-order valence-corrected chi connectivity index (χ1v) is 11.3. The van der Waals surface area contributed by atoms with E-state index < -0.39 is 31.1 Å². The molecule has 26 heavy (non-hydrogen) atoms. The van der Waals surface area contributed by atoms with Crippen LogP contribution >= 0.6 is 0 Å². The Kier molecular flexibility index (Phi) is 5.60. The Morgan fingerprint density at radius 1 is 1.00 bits per heavy atom. The Morgan fingerprint density at radius 2 is 1.54 bits per heavy atom. The molecule has 2 aromatic rings. The van der Waals surface area contributed by atoms with Gasteiger partial charge in [0, 0.05) is 6.26 Å². The highest BCUT2D eigenvalue weighted by Crippen LogP contribution is 2.27. The van der Waals surface area contributed by atoms with E-state index in [0.717, 1.165) is 11.8 Å². The second-order valence-corrected chi connectivity index (χ2v) is 10.3. The molecular formula is C16H23N3O5S2. The van der Waals surface area contributed by atoms with Gasteiger partial charge in [-0.15, -0.1) is 5.10 Å². The molecule has 1 aromatic carbocycles. The van der Waals surface area contributed by atoms with Gasteiger partial charge in [0.05, 0.1) is 4.90 Å². The number of nitrogens with one attached hydrogen (secondary N) is 1. The maximum absolute atomic E-state index is 13.0. The number of benzene rings is 1. The molecule has 0 aliphatic rings. The van der Waals surface area contributed by atoms with Crippen LogP contribution in [0, 0.1) is 26.7 Å². The molecule has 2 rings (SSSR count). The number of nitrogens with zero attached hydrogens (tertiary/aromatic N) is 2. The third-order valence-corrected chi connectivity index (χ3v) is 6.37. The molecule has 1 heterocycles. The SMILES string of the molecule is Cc1cc(C)c(S(=O)(=O)N[C@H](c2nnc(S(C)(=O)=O)o2)C(C)C)c(C)c1. The highest BCUT2D eigenvalue weighted by Gasteiger charge is 2.31. The molecule has 0 saturated heterocycles. The predicted octanol–water partition coefficient (Wildman–Crippen LogP) is 2.07. The maximum Gasteiger partial charge on any atom is 0.335 e. The van der Waals surface area contributed by atoms with E-state index in [1.807, 2.05) is 6.92 Å². The number of hydrogen-bond acceptors (Lipinski definition) is 7. The number of rotatable bonds is 6. The van der Waals surface area contributed by atoms with Crippen LogP contribution in [0.3, 0.4) is 0 Å². The molecule has 1 N–H and O–H groups in total. The van der Waals surface area contributed by atoms with Crippen molar-refractivity contribution in [2.75, 3.05) is 6.26 Å². The van der Waals surface area contributed by atoms with Crippen LogP contribution in [0.15, 0.2) is 26.7 Å². The summed E-state index contributed by atoms with van der Waals surface area (Å²) in [7, 11) is -7.56. The van der Waals surface area contributed by atoms with Crippen LogP contribution < -0.4 is 4.72 Å². The minimum absolute atomic E-state index is 0.0913. The number of sulfonamides is 1. The summed E-state index contributed by atoms with van der Waals surface area (Å²) in [6.45, 7) is 8.89. The minimum Gasteiger partial charge on any atom is -0.411 e. The Morgan fingerprint density at radius 3 is 1.96 bits per heavy atom. The van der Waals surface area contributed by atoms with Gasteiger partial charge in [0.1, 0.15) is 6.04 Å². The Hall–Kier alpha value is -1.78. The molecular weight excluding hydrogens is 378 g/mol. The molecule has 144 valence electrons. The van der Waals surface area contributed by atoms with Gasteiger partial charge in [0.25, 0.3) is 0 Å². The van der Waals surface area contributed by atoms with E-state index in [9.17, 15) is 16.8 Å². The van der Waals surface area contributed by atoms with Crippen LogP contribution in [0.4, 0.5) is 0 Å². The lowest BCUT2D eigenvalue weighted by Gasteiger charge is -2.20. The zero-order valence-electron chi connectivity index (χ0n) is 15.6. The van der Waals surface area contributed by atoms with Crippen molar-refractivity contribution < 1.29 is 21.3 Å². The lowest BCUT2D eigenvalue weighted by Crippen LogP contribution is -2.33. The highest BCUT2D eigenvalue weighted by atomic mass is 32.2. The van der Waals surface area contributed by atoms with Crippen molar-refractivity contribution in [3.05, 3.63) is 34.7 Å². The molecule has 1 aromatic heterocycles. The van der Waals surface area contributed by atoms with Crippen molar-refractivity contribution in [2.24, 2.45) is 5.92 Å². The van der Waals surface area contributed by atoms with Gasteiger partial charge in [-0.2, -0.15) is 4.72 Å². The standard InChI is InChI=1S/C16H23N3O5S2/c1-9(2)13(15-17-18-16(24-15)25(6,20)21)19-26(22,23)14-11(4)7-10(3)8-12(14)5/h7-9,13,19H,1-6H3/t13-/m0/s1. The number of sulfone groups is 1. The van der Waals surface area contributed by atoms with Crippen molar-refractivity contribution >= 4 is 19.9 Å². The number of aryl methyl sites for hydroxylation is 3. The topological polar surface area (TPSA) is 119 Å². The lowest BCUT2D eigenvalue weighted by atomic mass is 10.1. The van der Waals surface area contributed by atoms with Crippen LogP contribution in [0.25, 0.3) is 0 Å². The molecule has 0 unspecified atom stereocenters. The molecule has 0 radical (unpaired) electrons. The Balaban J connectivity index is 2.46. The van der Waals surface area contributed by atoms with Gasteiger partial charge in [-0.25, -0.2) is 16.8 Å². The first-order valence-electron chi connectivity index (χ1n) is 7.96. The Labute approximate surface area is 154 Å². The molecule has 0 saturated carbocycles. The van der Waals surface area contributed by atoms with Gasteiger partial charge in [0.15, 0.2) is 0 Å². The first kappa shape index (κ1) is 20.5. The fourth-order valence-electron chi connectivity index (χ4n) is 2.78. The van der Waals surface area contributed by atoms with Crippen LogP contribution in [0.2, 0.25) is 0 Å². The van der Waals surface area contributed by atoms with Crippen LogP contribution in [-0.4, -0.2) is 33.3 Å². The monoisotopic (exact) mass is 401 g/mol. The summed E-state index contributed by atoms with van der Waals surface area (Å²) in [5.74, 6) is -0.338. The third-order valence-electron chi connectivity index (χ3n) is 3.83. The van der Waals surface area contributed by atoms with E-state index in [2.05, 4.69) is 14.9 Å². The summed E-state index contributed by atoms with van der Waals surface area (Å²) >= 11 is 0. The van der Waals surface area contributed by atoms with Crippen molar-refractivity contribution in [1.82, 2.24) is 14.9 Å². The second-order valence-electron chi connectivity index (χ2n) is 6.75. The lowest BCUT2D eigenvalue weighted by molar-refractivity contribution is 0.327. The van der Waals surface area contributed by atoms with Crippen LogP contribution in [0.5, 0.6) is 0 Å². The summed E-state index contributed by atoms with van der Waals surface area (Å²) in [5.41, 5.74) is 2.22. The summed E-state index contributed by atoms with van der Waals surface area (Å²) in [6, 6.07) is 2.73. The average molecular weight is 402 g/mol. The van der Waals surface area contributed by atoms with E-state index >= 15 is 0 Å². The molecule has 10 heteroatoms. The van der Waals surface area contributed by atoms with Crippen molar-refractivity contribution in [3.63, 3.8) is 0 Å². The van der Waals surface area contributed by atoms with Crippen LogP contribution in [-0.2, 0) is 19.9 Å². The van der Waals surface area contributed by atoms with Gasteiger partial charge >= 0.3 is 5.22 Å². The summed E-state index contributed by atoms with van der Waals surface area (Å²) in [6.07, 6.45) is 0.942. The van der Waals surface area contributed by atoms with Crippen molar-refractivity contribution in [1.29, 1.82) is 0 Å². The number of hydrogen-bond donors (Lipinski definition) is 1. The van der Waals surface area contributed by atoms with E-state index in [1.165, 1.54) is 0 Å². The van der Waals surface area contributed by atoms with E-state index in [-0.39, 0.29) is 16.7 Å². The summed E-state index contributed by atoms with van der Waals surface area (Å²) in [5, 5.41) is 6.68. The van der Waals surface area contributed by atoms with Crippen molar-refractivity contribution in [3.8, 4) is 0 Å². The largest absolute Gasteiger partial charge is 0.411 e. The normalized spacial score (nSPS) is 14.0. The quantitative estimate of drug-likeness (QED) is 0.787. The minimum atomic E-state index is -3.88. The zero-order chi connectivity index (χ0) is 19.9. The predicted molar refractivity (Wildman–Crippen MR) is 96.0 cm³/mol. The van der Waals surface area contributed by atoms with Crippen LogP contribution in [0.1, 0.15) is 42.5 Å². The second kappa shape index (κ2) is 7.09. The van der Waals surface area contributed by atoms with Gasteiger partial charge in [-0.05, 0) is 37.8 Å². The molecule has 8 nitrogen and oxygen atoms in total. The maximum atomic E-state index is 13.0. The summed E-state index contributed by atoms with van der Waals surface area (Å²) in [4.78, 5) is 0.191. The molecule has 0 bridgehead atoms. The number of aromatic nitrogens is 2. The van der Waals surface area contributed by atoms with E-state index in [1.54, 1.807) is 39.8 Å². The molecule has 0 amide bonds.